The van der Waals surface area contributed by atoms with Gasteiger partial charge in [-0.05, 0) is 0 Å². The van der Waals surface area contributed by atoms with Gasteiger partial charge in [0.15, 0.2) is 0 Å². The second-order valence-electron chi connectivity index (χ2n) is 2.51. The minimum Gasteiger partial charge on any atom is -0.394 e. The van der Waals surface area contributed by atoms with Crippen molar-refractivity contribution < 1.29 is 28.7 Å². The van der Waals surface area contributed by atoms with Gasteiger partial charge in [-0.15, -0.1) is 0 Å². The van der Waals surface area contributed by atoms with Gasteiger partial charge >= 0.3 is 7.82 Å². The molecule has 0 aliphatic carbocycles. The van der Waals surface area contributed by atoms with Crippen LogP contribution in [0.3, 0.4) is 0 Å². The molecule has 1 rings (SSSR count). The van der Waals surface area contributed by atoms with E-state index in [0.717, 1.165) is 0 Å². The minimum atomic E-state index is -4.46. The highest BCUT2D eigenvalue weighted by Crippen LogP contribution is 2.40. The van der Waals surface area contributed by atoms with Gasteiger partial charge in [-0.2, -0.15) is 0 Å². The summed E-state index contributed by atoms with van der Waals surface area (Å²) >= 11 is 0. The van der Waals surface area contributed by atoms with Crippen molar-refractivity contribution in [1.29, 1.82) is 0 Å². The van der Waals surface area contributed by atoms with Crippen LogP contribution >= 0.6 is 7.82 Å². The molecule has 1 aliphatic rings. The molecule has 6 nitrogen and oxygen atoms in total. The lowest BCUT2D eigenvalue weighted by atomic mass is 10.2. The van der Waals surface area contributed by atoms with Crippen molar-refractivity contribution in [3.05, 3.63) is 0 Å². The van der Waals surface area contributed by atoms with Gasteiger partial charge in [-0.25, -0.2) is 4.57 Å². The fourth-order valence-corrected chi connectivity index (χ4v) is 1.69. The van der Waals surface area contributed by atoms with Gasteiger partial charge in [0.25, 0.3) is 0 Å². The predicted molar refractivity (Wildman–Crippen MR) is 38.4 cm³/mol. The maximum absolute atomic E-state index is 10.4. The highest BCUT2D eigenvalue weighted by molar-refractivity contribution is 7.46. The van der Waals surface area contributed by atoms with Crippen LogP contribution in [0.5, 0.6) is 0 Å². The molecule has 2 atom stereocenters. The third-order valence-corrected chi connectivity index (χ3v) is 2.15. The highest BCUT2D eigenvalue weighted by Gasteiger charge is 2.33. The average molecular weight is 198 g/mol. The van der Waals surface area contributed by atoms with Gasteiger partial charge in [0.1, 0.15) is 12.2 Å². The molecule has 0 aromatic rings. The molecule has 7 heteroatoms. The molecule has 0 aromatic heterocycles. The van der Waals surface area contributed by atoms with E-state index in [1.54, 1.807) is 0 Å². The number of aliphatic hydroxyl groups excluding tert-OH is 1. The first-order valence-electron chi connectivity index (χ1n) is 3.49. The van der Waals surface area contributed by atoms with Crippen LogP contribution in [0, 0.1) is 0 Å². The van der Waals surface area contributed by atoms with E-state index in [1.165, 1.54) is 0 Å². The van der Waals surface area contributed by atoms with Crippen LogP contribution in [0.15, 0.2) is 0 Å². The summed E-state index contributed by atoms with van der Waals surface area (Å²) in [5, 5.41) is 8.68. The zero-order chi connectivity index (χ0) is 9.19. The maximum Gasteiger partial charge on any atom is 0.469 e. The van der Waals surface area contributed by atoms with Crippen molar-refractivity contribution in [1.82, 2.24) is 0 Å². The Morgan fingerprint density at radius 1 is 1.58 bits per heavy atom. The largest absolute Gasteiger partial charge is 0.469 e. The van der Waals surface area contributed by atoms with E-state index in [0.29, 0.717) is 13.0 Å². The van der Waals surface area contributed by atoms with Gasteiger partial charge in [0.2, 0.25) is 0 Å². The second kappa shape index (κ2) is 3.83. The molecule has 1 heterocycles. The predicted octanol–water partition coefficient (Wildman–Crippen LogP) is -0.755. The molecule has 0 bridgehead atoms. The van der Waals surface area contributed by atoms with E-state index >= 15 is 0 Å². The van der Waals surface area contributed by atoms with Crippen molar-refractivity contribution in [2.75, 3.05) is 13.2 Å². The smallest absolute Gasteiger partial charge is 0.394 e. The van der Waals surface area contributed by atoms with E-state index in [1.807, 2.05) is 0 Å². The highest BCUT2D eigenvalue weighted by atomic mass is 31.2. The average Bonchev–Trinajstić information content (AvgIpc) is 2.31. The normalized spacial score (nSPS) is 30.9. The van der Waals surface area contributed by atoms with E-state index in [-0.39, 0.29) is 6.61 Å². The lowest BCUT2D eigenvalue weighted by Gasteiger charge is -2.16. The minimum absolute atomic E-state index is 0.287. The number of phosphoric ester groups is 1. The SMILES string of the molecule is O=P(O)(O)O[C@@H]1CCO[C@@H]1CO. The Labute approximate surface area is 69.4 Å². The summed E-state index contributed by atoms with van der Waals surface area (Å²) in [5.41, 5.74) is 0. The third-order valence-electron chi connectivity index (χ3n) is 1.60. The van der Waals surface area contributed by atoms with Gasteiger partial charge < -0.3 is 19.6 Å². The third kappa shape index (κ3) is 2.82. The molecule has 0 unspecified atom stereocenters. The molecule has 0 radical (unpaired) electrons. The topological polar surface area (TPSA) is 96.2 Å². The van der Waals surface area contributed by atoms with Crippen LogP contribution < -0.4 is 0 Å². The second-order valence-corrected chi connectivity index (χ2v) is 3.71. The molecular formula is C5H11O6P. The van der Waals surface area contributed by atoms with E-state index < -0.39 is 20.0 Å². The first-order valence-corrected chi connectivity index (χ1v) is 5.02. The summed E-state index contributed by atoms with van der Waals surface area (Å²) in [4.78, 5) is 16.9. The maximum atomic E-state index is 10.4. The zero-order valence-electron chi connectivity index (χ0n) is 6.29. The molecule has 1 fully saturated rings. The summed E-state index contributed by atoms with van der Waals surface area (Å²) < 4.78 is 19.7. The lowest BCUT2D eigenvalue weighted by molar-refractivity contribution is 0.00347. The van der Waals surface area contributed by atoms with E-state index in [9.17, 15) is 4.57 Å². The Bertz CT molecular complexity index is 188. The molecular weight excluding hydrogens is 187 g/mol. The van der Waals surface area contributed by atoms with Gasteiger partial charge in [-0.1, -0.05) is 0 Å². The standard InChI is InChI=1S/C5H11O6P/c6-3-5-4(1-2-10-5)11-12(7,8)9/h4-6H,1-3H2,(H2,7,8,9)/t4-,5-/m1/s1. The van der Waals surface area contributed by atoms with E-state index in [4.69, 9.17) is 19.6 Å². The first-order chi connectivity index (χ1) is 5.53. The van der Waals surface area contributed by atoms with Crippen molar-refractivity contribution in [2.24, 2.45) is 0 Å². The number of aliphatic hydroxyl groups is 1. The Morgan fingerprint density at radius 2 is 2.25 bits per heavy atom. The summed E-state index contributed by atoms with van der Waals surface area (Å²) in [7, 11) is -4.46. The number of ether oxygens (including phenoxy) is 1. The van der Waals surface area contributed by atoms with Crippen molar-refractivity contribution >= 4 is 7.82 Å². The van der Waals surface area contributed by atoms with Crippen molar-refractivity contribution in [2.45, 2.75) is 18.6 Å². The van der Waals surface area contributed by atoms with Crippen LogP contribution in [0.2, 0.25) is 0 Å². The Kier molecular flexibility index (Phi) is 3.22. The van der Waals surface area contributed by atoms with Crippen molar-refractivity contribution in [3.63, 3.8) is 0 Å². The van der Waals surface area contributed by atoms with Crippen LogP contribution in [0.1, 0.15) is 6.42 Å². The molecule has 0 amide bonds. The Hall–Kier alpha value is 0.0300. The molecule has 12 heavy (non-hydrogen) atoms. The summed E-state index contributed by atoms with van der Waals surface area (Å²) in [6.45, 7) is 0.0700. The van der Waals surface area contributed by atoms with Crippen LogP contribution in [0.25, 0.3) is 0 Å². The van der Waals surface area contributed by atoms with Crippen LogP contribution in [-0.2, 0) is 13.8 Å². The zero-order valence-corrected chi connectivity index (χ0v) is 7.18. The lowest BCUT2D eigenvalue weighted by Crippen LogP contribution is -2.26. The number of phosphoric acid groups is 1. The molecule has 0 saturated carbocycles. The fraction of sp³-hybridized carbons (Fsp3) is 1.00. The molecule has 1 saturated heterocycles. The summed E-state index contributed by atoms with van der Waals surface area (Å²) in [5.74, 6) is 0. The van der Waals surface area contributed by atoms with Gasteiger partial charge in [-0.3, -0.25) is 4.52 Å². The van der Waals surface area contributed by atoms with Crippen LogP contribution in [0.4, 0.5) is 0 Å². The van der Waals surface area contributed by atoms with Crippen LogP contribution in [-0.4, -0.2) is 40.3 Å². The number of hydrogen-bond acceptors (Lipinski definition) is 4. The first kappa shape index (κ1) is 10.1. The number of hydrogen-bond donors (Lipinski definition) is 3. The molecule has 3 N–H and O–H groups in total. The summed E-state index contributed by atoms with van der Waals surface area (Å²) in [6.07, 6.45) is -0.912. The van der Waals surface area contributed by atoms with Crippen molar-refractivity contribution in [3.8, 4) is 0 Å². The summed E-state index contributed by atoms with van der Waals surface area (Å²) in [6, 6.07) is 0. The Morgan fingerprint density at radius 3 is 2.75 bits per heavy atom. The Balaban J connectivity index is 2.46. The molecule has 72 valence electrons. The van der Waals surface area contributed by atoms with E-state index in [2.05, 4.69) is 4.52 Å². The molecule has 1 aliphatic heterocycles. The van der Waals surface area contributed by atoms with Gasteiger partial charge in [0.05, 0.1) is 6.61 Å². The fourth-order valence-electron chi connectivity index (χ4n) is 1.10. The molecule has 0 aromatic carbocycles. The molecule has 0 spiro atoms. The number of rotatable bonds is 3. The van der Waals surface area contributed by atoms with Gasteiger partial charge in [0, 0.05) is 13.0 Å². The quantitative estimate of drug-likeness (QED) is 0.516. The monoisotopic (exact) mass is 198 g/mol.